The molecule has 138 valence electrons. The van der Waals surface area contributed by atoms with Crippen molar-refractivity contribution >= 4 is 17.3 Å². The smallest absolute Gasteiger partial charge is 0.342 e. The maximum atomic E-state index is 12.2. The van der Waals surface area contributed by atoms with Crippen molar-refractivity contribution in [2.75, 3.05) is 27.4 Å². The summed E-state index contributed by atoms with van der Waals surface area (Å²) in [5, 5.41) is 18.6. The van der Waals surface area contributed by atoms with Crippen molar-refractivity contribution in [2.24, 2.45) is 10.2 Å². The number of nitrogens with zero attached hydrogens (tertiary/aromatic N) is 2. The van der Waals surface area contributed by atoms with E-state index in [1.54, 1.807) is 45.2 Å². The summed E-state index contributed by atoms with van der Waals surface area (Å²) < 4.78 is 15.1. The number of hydrogen-bond acceptors (Lipinski definition) is 7. The Balaban J connectivity index is 2.31. The summed E-state index contributed by atoms with van der Waals surface area (Å²) in [5.41, 5.74) is 2.43. The molecule has 0 bridgehead atoms. The zero-order valence-electron chi connectivity index (χ0n) is 15.3. The van der Waals surface area contributed by atoms with Crippen molar-refractivity contribution in [3.63, 3.8) is 0 Å². The standard InChI is InChI=1S/C19H22N2O5/c1-12-11-16(22)17(19(23)26-10-9-24-3)13(2)18(12)21-20-14-5-7-15(25-4)8-6-14/h5-8,11,22H,9-10H2,1-4H3. The average molecular weight is 358 g/mol. The van der Waals surface area contributed by atoms with Gasteiger partial charge >= 0.3 is 5.97 Å². The molecule has 26 heavy (non-hydrogen) atoms. The molecular weight excluding hydrogens is 336 g/mol. The zero-order chi connectivity index (χ0) is 19.1. The van der Waals surface area contributed by atoms with Gasteiger partial charge in [-0.3, -0.25) is 0 Å². The SMILES string of the molecule is COCCOC(=O)c1c(O)cc(C)c(N=Nc2ccc(OC)cc2)c1C. The summed E-state index contributed by atoms with van der Waals surface area (Å²) in [6.07, 6.45) is 0. The number of phenols is 1. The molecule has 2 aromatic rings. The Bertz CT molecular complexity index is 801. The first-order chi connectivity index (χ1) is 12.5. The van der Waals surface area contributed by atoms with E-state index < -0.39 is 5.97 Å². The molecule has 0 fully saturated rings. The molecule has 0 aromatic heterocycles. The third-order valence-electron chi connectivity index (χ3n) is 3.78. The highest BCUT2D eigenvalue weighted by Crippen LogP contribution is 2.34. The van der Waals surface area contributed by atoms with E-state index >= 15 is 0 Å². The molecule has 2 rings (SSSR count). The zero-order valence-corrected chi connectivity index (χ0v) is 15.3. The van der Waals surface area contributed by atoms with Gasteiger partial charge in [0.1, 0.15) is 23.7 Å². The fourth-order valence-corrected chi connectivity index (χ4v) is 2.41. The number of phenolic OH excluding ortho intramolecular Hbond substituents is 1. The lowest BCUT2D eigenvalue weighted by atomic mass is 10.0. The molecule has 0 atom stereocenters. The molecule has 0 saturated heterocycles. The van der Waals surface area contributed by atoms with Crippen LogP contribution in [0.1, 0.15) is 21.5 Å². The number of aryl methyl sites for hydroxylation is 1. The molecule has 0 aliphatic carbocycles. The highest BCUT2D eigenvalue weighted by atomic mass is 16.6. The first-order valence-electron chi connectivity index (χ1n) is 8.03. The molecule has 0 unspecified atom stereocenters. The molecule has 0 spiro atoms. The number of carbonyl (C=O) groups is 1. The van der Waals surface area contributed by atoms with Crippen molar-refractivity contribution in [2.45, 2.75) is 13.8 Å². The molecule has 0 heterocycles. The van der Waals surface area contributed by atoms with Gasteiger partial charge in [-0.25, -0.2) is 4.79 Å². The van der Waals surface area contributed by atoms with Gasteiger partial charge in [-0.2, -0.15) is 5.11 Å². The van der Waals surface area contributed by atoms with Gasteiger partial charge in [0.25, 0.3) is 0 Å². The van der Waals surface area contributed by atoms with Gasteiger partial charge in [-0.15, -0.1) is 5.11 Å². The Hall–Kier alpha value is -2.93. The number of rotatable bonds is 7. The summed E-state index contributed by atoms with van der Waals surface area (Å²) in [7, 11) is 3.10. The van der Waals surface area contributed by atoms with E-state index in [4.69, 9.17) is 14.2 Å². The van der Waals surface area contributed by atoms with E-state index in [0.717, 1.165) is 5.75 Å². The van der Waals surface area contributed by atoms with Crippen LogP contribution in [-0.2, 0) is 9.47 Å². The van der Waals surface area contributed by atoms with E-state index in [0.29, 0.717) is 22.5 Å². The van der Waals surface area contributed by atoms with E-state index in [9.17, 15) is 9.90 Å². The van der Waals surface area contributed by atoms with Crippen LogP contribution < -0.4 is 4.74 Å². The molecule has 7 heteroatoms. The molecule has 0 aliphatic rings. The minimum atomic E-state index is -0.627. The fourth-order valence-electron chi connectivity index (χ4n) is 2.41. The fraction of sp³-hybridized carbons (Fsp3) is 0.316. The number of ether oxygens (including phenoxy) is 3. The predicted molar refractivity (Wildman–Crippen MR) is 96.9 cm³/mol. The third-order valence-corrected chi connectivity index (χ3v) is 3.78. The van der Waals surface area contributed by atoms with Crippen molar-refractivity contribution in [3.05, 3.63) is 47.0 Å². The number of methoxy groups -OCH3 is 2. The Kier molecular flexibility index (Phi) is 6.68. The molecular formula is C19H22N2O5. The van der Waals surface area contributed by atoms with Gasteiger partial charge < -0.3 is 19.3 Å². The number of esters is 1. The van der Waals surface area contributed by atoms with Crippen LogP contribution in [0.5, 0.6) is 11.5 Å². The minimum absolute atomic E-state index is 0.0791. The lowest BCUT2D eigenvalue weighted by Gasteiger charge is -2.12. The Morgan fingerprint density at radius 2 is 1.77 bits per heavy atom. The topological polar surface area (TPSA) is 89.7 Å². The second kappa shape index (κ2) is 8.96. The quantitative estimate of drug-likeness (QED) is 0.454. The molecule has 0 aliphatic heterocycles. The van der Waals surface area contributed by atoms with Crippen molar-refractivity contribution in [1.82, 2.24) is 0 Å². The number of aromatic hydroxyl groups is 1. The van der Waals surface area contributed by atoms with Gasteiger partial charge in [-0.1, -0.05) is 0 Å². The highest BCUT2D eigenvalue weighted by molar-refractivity contribution is 5.96. The third kappa shape index (κ3) is 4.58. The Morgan fingerprint density at radius 1 is 1.08 bits per heavy atom. The van der Waals surface area contributed by atoms with Crippen molar-refractivity contribution in [1.29, 1.82) is 0 Å². The number of benzene rings is 2. The van der Waals surface area contributed by atoms with Crippen molar-refractivity contribution < 1.29 is 24.1 Å². The maximum absolute atomic E-state index is 12.2. The van der Waals surface area contributed by atoms with Crippen LogP contribution in [0.3, 0.4) is 0 Å². The van der Waals surface area contributed by atoms with Crippen molar-refractivity contribution in [3.8, 4) is 11.5 Å². The largest absolute Gasteiger partial charge is 0.507 e. The molecule has 2 aromatic carbocycles. The lowest BCUT2D eigenvalue weighted by molar-refractivity contribution is 0.0384. The maximum Gasteiger partial charge on any atom is 0.342 e. The van der Waals surface area contributed by atoms with Gasteiger partial charge in [-0.05, 0) is 55.3 Å². The number of hydrogen-bond donors (Lipinski definition) is 1. The molecule has 0 saturated carbocycles. The predicted octanol–water partition coefficient (Wildman–Crippen LogP) is 4.24. The summed E-state index contributed by atoms with van der Waals surface area (Å²) in [6, 6.07) is 8.58. The van der Waals surface area contributed by atoms with E-state index in [1.807, 2.05) is 0 Å². The molecule has 7 nitrogen and oxygen atoms in total. The van der Waals surface area contributed by atoms with E-state index in [2.05, 4.69) is 10.2 Å². The van der Waals surface area contributed by atoms with Crippen LogP contribution >= 0.6 is 0 Å². The van der Waals surface area contributed by atoms with Crippen LogP contribution in [0, 0.1) is 13.8 Å². The van der Waals surface area contributed by atoms with Crippen LogP contribution in [0.15, 0.2) is 40.6 Å². The van der Waals surface area contributed by atoms with Gasteiger partial charge in [0, 0.05) is 7.11 Å². The highest BCUT2D eigenvalue weighted by Gasteiger charge is 2.20. The lowest BCUT2D eigenvalue weighted by Crippen LogP contribution is -2.11. The minimum Gasteiger partial charge on any atom is -0.507 e. The van der Waals surface area contributed by atoms with E-state index in [-0.39, 0.29) is 24.5 Å². The second-order valence-electron chi connectivity index (χ2n) is 5.59. The van der Waals surface area contributed by atoms with Gasteiger partial charge in [0.05, 0.1) is 25.1 Å². The summed E-state index contributed by atoms with van der Waals surface area (Å²) in [4.78, 5) is 12.2. The van der Waals surface area contributed by atoms with Gasteiger partial charge in [0.15, 0.2) is 0 Å². The van der Waals surface area contributed by atoms with Crippen LogP contribution in [0.2, 0.25) is 0 Å². The average Bonchev–Trinajstić information content (AvgIpc) is 2.62. The summed E-state index contributed by atoms with van der Waals surface area (Å²) >= 11 is 0. The van der Waals surface area contributed by atoms with Gasteiger partial charge in [0.2, 0.25) is 0 Å². The first kappa shape index (κ1) is 19.4. The number of carbonyl (C=O) groups excluding carboxylic acids is 1. The molecule has 1 N–H and O–H groups in total. The molecule has 0 radical (unpaired) electrons. The monoisotopic (exact) mass is 358 g/mol. The van der Waals surface area contributed by atoms with Crippen LogP contribution in [0.25, 0.3) is 0 Å². The number of azo groups is 1. The van der Waals surface area contributed by atoms with Crippen LogP contribution in [0.4, 0.5) is 11.4 Å². The first-order valence-corrected chi connectivity index (χ1v) is 8.03. The molecule has 0 amide bonds. The normalized spacial score (nSPS) is 10.9. The van der Waals surface area contributed by atoms with E-state index in [1.165, 1.54) is 13.2 Å². The second-order valence-corrected chi connectivity index (χ2v) is 5.59. The summed E-state index contributed by atoms with van der Waals surface area (Å²) in [5.74, 6) is -0.0502. The van der Waals surface area contributed by atoms with Crippen LogP contribution in [-0.4, -0.2) is 38.5 Å². The summed E-state index contributed by atoms with van der Waals surface area (Å²) in [6.45, 7) is 3.86. The Morgan fingerprint density at radius 3 is 2.38 bits per heavy atom. The Labute approximate surface area is 152 Å².